The van der Waals surface area contributed by atoms with Crippen LogP contribution in [-0.2, 0) is 12.8 Å². The lowest BCUT2D eigenvalue weighted by atomic mass is 9.85. The summed E-state index contributed by atoms with van der Waals surface area (Å²) < 4.78 is 1.21. The smallest absolute Gasteiger partial charge is 0.0601 e. The molecular formula is C18H25BrN2. The normalized spacial score (nSPS) is 18.4. The van der Waals surface area contributed by atoms with Crippen molar-refractivity contribution >= 4 is 26.8 Å². The number of aryl methyl sites for hydroxylation is 1. The van der Waals surface area contributed by atoms with Crippen LogP contribution in [0.5, 0.6) is 0 Å². The molecule has 0 aliphatic heterocycles. The monoisotopic (exact) mass is 348 g/mol. The quantitative estimate of drug-likeness (QED) is 0.813. The summed E-state index contributed by atoms with van der Waals surface area (Å²) in [5.74, 6) is 0. The van der Waals surface area contributed by atoms with Gasteiger partial charge in [0.25, 0.3) is 0 Å². The van der Waals surface area contributed by atoms with Gasteiger partial charge in [0.2, 0.25) is 0 Å². The summed E-state index contributed by atoms with van der Waals surface area (Å²) >= 11 is 3.73. The Morgan fingerprint density at radius 3 is 2.76 bits per heavy atom. The molecule has 3 rings (SSSR count). The van der Waals surface area contributed by atoms with Gasteiger partial charge in [-0.2, -0.15) is 0 Å². The molecule has 1 atom stereocenters. The van der Waals surface area contributed by atoms with Gasteiger partial charge in [-0.15, -0.1) is 0 Å². The average molecular weight is 349 g/mol. The van der Waals surface area contributed by atoms with E-state index in [4.69, 9.17) is 0 Å². The van der Waals surface area contributed by atoms with E-state index < -0.39 is 0 Å². The van der Waals surface area contributed by atoms with E-state index in [2.05, 4.69) is 58.0 Å². The fraction of sp³-hybridized carbons (Fsp3) is 0.556. The third kappa shape index (κ3) is 2.91. The molecule has 0 amide bonds. The zero-order valence-corrected chi connectivity index (χ0v) is 14.7. The van der Waals surface area contributed by atoms with E-state index in [1.165, 1.54) is 60.6 Å². The number of benzene rings is 1. The third-order valence-corrected chi connectivity index (χ3v) is 5.35. The number of nitrogens with one attached hydrogen (secondary N) is 1. The van der Waals surface area contributed by atoms with Gasteiger partial charge in [-0.3, -0.25) is 0 Å². The van der Waals surface area contributed by atoms with Gasteiger partial charge in [0, 0.05) is 22.1 Å². The van der Waals surface area contributed by atoms with Crippen LogP contribution < -0.4 is 0 Å². The Balaban J connectivity index is 1.89. The van der Waals surface area contributed by atoms with Gasteiger partial charge in [-0.1, -0.05) is 13.8 Å². The minimum Gasteiger partial charge on any atom is -0.360 e. The molecular weight excluding hydrogens is 324 g/mol. The van der Waals surface area contributed by atoms with Crippen LogP contribution in [0, 0.1) is 0 Å². The summed E-state index contributed by atoms with van der Waals surface area (Å²) in [6, 6.07) is 5.30. The van der Waals surface area contributed by atoms with Gasteiger partial charge >= 0.3 is 0 Å². The minimum absolute atomic E-state index is 0.723. The summed E-state index contributed by atoms with van der Waals surface area (Å²) in [4.78, 5) is 6.06. The molecule has 0 spiro atoms. The van der Waals surface area contributed by atoms with Crippen molar-refractivity contribution in [2.45, 2.75) is 52.0 Å². The molecule has 0 bridgehead atoms. The highest BCUT2D eigenvalue weighted by molar-refractivity contribution is 9.10. The molecule has 0 radical (unpaired) electrons. The summed E-state index contributed by atoms with van der Waals surface area (Å²) in [7, 11) is 0. The second kappa shape index (κ2) is 6.53. The maximum Gasteiger partial charge on any atom is 0.0601 e. The van der Waals surface area contributed by atoms with Gasteiger partial charge < -0.3 is 9.88 Å². The number of hydrogen-bond acceptors (Lipinski definition) is 1. The lowest BCUT2D eigenvalue weighted by Crippen LogP contribution is -2.40. The Hall–Kier alpha value is -0.800. The number of hydrogen-bond donors (Lipinski definition) is 1. The highest BCUT2D eigenvalue weighted by Crippen LogP contribution is 2.34. The second-order valence-electron chi connectivity index (χ2n) is 6.20. The van der Waals surface area contributed by atoms with E-state index in [1.807, 2.05) is 0 Å². The minimum atomic E-state index is 0.723. The standard InChI is InChI=1S/C18H25BrN2/c1-3-9-21(10-4-2)14-5-6-15-13(11-14)12-17(19)18-16(15)7-8-20-18/h7-8,12,14,20H,3-6,9-11H2,1-2H3. The average Bonchev–Trinajstić information content (AvgIpc) is 2.97. The van der Waals surface area contributed by atoms with Crippen molar-refractivity contribution in [1.82, 2.24) is 9.88 Å². The molecule has 1 heterocycles. The van der Waals surface area contributed by atoms with E-state index in [1.54, 1.807) is 11.1 Å². The number of nitrogens with zero attached hydrogens (tertiary/aromatic N) is 1. The Morgan fingerprint density at radius 2 is 2.05 bits per heavy atom. The van der Waals surface area contributed by atoms with Gasteiger partial charge in [0.15, 0.2) is 0 Å². The van der Waals surface area contributed by atoms with Gasteiger partial charge in [0.1, 0.15) is 0 Å². The molecule has 21 heavy (non-hydrogen) atoms. The van der Waals surface area contributed by atoms with Gasteiger partial charge in [-0.05, 0) is 84.4 Å². The fourth-order valence-electron chi connectivity index (χ4n) is 3.81. The van der Waals surface area contributed by atoms with Crippen LogP contribution in [-0.4, -0.2) is 29.0 Å². The topological polar surface area (TPSA) is 19.0 Å². The molecule has 1 aliphatic rings. The number of rotatable bonds is 5. The Kier molecular flexibility index (Phi) is 4.70. The van der Waals surface area contributed by atoms with Gasteiger partial charge in [0.05, 0.1) is 5.52 Å². The summed E-state index contributed by atoms with van der Waals surface area (Å²) in [6.07, 6.45) is 8.28. The first-order valence-electron chi connectivity index (χ1n) is 8.26. The molecule has 1 aromatic carbocycles. The van der Waals surface area contributed by atoms with Crippen molar-refractivity contribution in [3.63, 3.8) is 0 Å². The highest BCUT2D eigenvalue weighted by atomic mass is 79.9. The highest BCUT2D eigenvalue weighted by Gasteiger charge is 2.25. The zero-order valence-electron chi connectivity index (χ0n) is 13.1. The SMILES string of the molecule is CCCN(CCC)C1CCc2c(cc(Br)c3[nH]ccc23)C1. The number of H-pyrrole nitrogens is 1. The molecule has 0 fully saturated rings. The van der Waals surface area contributed by atoms with Crippen LogP contribution in [0.3, 0.4) is 0 Å². The first kappa shape index (κ1) is 15.1. The van der Waals surface area contributed by atoms with Crippen LogP contribution in [0.1, 0.15) is 44.2 Å². The number of aromatic nitrogens is 1. The van der Waals surface area contributed by atoms with Crippen LogP contribution in [0.2, 0.25) is 0 Å². The lowest BCUT2D eigenvalue weighted by molar-refractivity contribution is 0.180. The van der Waals surface area contributed by atoms with Crippen LogP contribution in [0.25, 0.3) is 10.9 Å². The molecule has 1 aromatic heterocycles. The van der Waals surface area contributed by atoms with Crippen LogP contribution >= 0.6 is 15.9 Å². The predicted molar refractivity (Wildman–Crippen MR) is 94.0 cm³/mol. The van der Waals surface area contributed by atoms with Crippen molar-refractivity contribution in [1.29, 1.82) is 0 Å². The Bertz CT molecular complexity index is 611. The summed E-state index contributed by atoms with van der Waals surface area (Å²) in [6.45, 7) is 7.06. The maximum absolute atomic E-state index is 3.73. The number of aromatic amines is 1. The lowest BCUT2D eigenvalue weighted by Gasteiger charge is -2.35. The van der Waals surface area contributed by atoms with E-state index in [9.17, 15) is 0 Å². The molecule has 1 N–H and O–H groups in total. The van der Waals surface area contributed by atoms with E-state index in [0.29, 0.717) is 0 Å². The largest absolute Gasteiger partial charge is 0.360 e. The Labute approximate surface area is 136 Å². The van der Waals surface area contributed by atoms with Crippen molar-refractivity contribution in [3.8, 4) is 0 Å². The van der Waals surface area contributed by atoms with Crippen LogP contribution in [0.4, 0.5) is 0 Å². The predicted octanol–water partition coefficient (Wildman–Crippen LogP) is 4.91. The first-order valence-corrected chi connectivity index (χ1v) is 9.05. The number of halogens is 1. The molecule has 2 nitrogen and oxygen atoms in total. The second-order valence-corrected chi connectivity index (χ2v) is 7.05. The molecule has 2 aromatic rings. The molecule has 3 heteroatoms. The van der Waals surface area contributed by atoms with Crippen molar-refractivity contribution in [3.05, 3.63) is 33.9 Å². The van der Waals surface area contributed by atoms with Crippen molar-refractivity contribution in [2.24, 2.45) is 0 Å². The van der Waals surface area contributed by atoms with E-state index in [-0.39, 0.29) is 0 Å². The first-order chi connectivity index (χ1) is 10.2. The fourth-order valence-corrected chi connectivity index (χ4v) is 4.42. The third-order valence-electron chi connectivity index (χ3n) is 4.72. The maximum atomic E-state index is 3.73. The van der Waals surface area contributed by atoms with Crippen molar-refractivity contribution < 1.29 is 0 Å². The van der Waals surface area contributed by atoms with E-state index >= 15 is 0 Å². The molecule has 1 aliphatic carbocycles. The van der Waals surface area contributed by atoms with Crippen LogP contribution in [0.15, 0.2) is 22.8 Å². The molecule has 0 saturated carbocycles. The number of fused-ring (bicyclic) bond motifs is 3. The van der Waals surface area contributed by atoms with E-state index in [0.717, 1.165) is 6.04 Å². The molecule has 114 valence electrons. The zero-order chi connectivity index (χ0) is 14.8. The van der Waals surface area contributed by atoms with Crippen molar-refractivity contribution in [2.75, 3.05) is 13.1 Å². The molecule has 0 saturated heterocycles. The molecule has 1 unspecified atom stereocenters. The van der Waals surface area contributed by atoms with Gasteiger partial charge in [-0.25, -0.2) is 0 Å². The summed E-state index contributed by atoms with van der Waals surface area (Å²) in [5.41, 5.74) is 4.37. The Morgan fingerprint density at radius 1 is 1.29 bits per heavy atom. The summed E-state index contributed by atoms with van der Waals surface area (Å²) in [5, 5.41) is 1.41.